The Labute approximate surface area is 132 Å². The van der Waals surface area contributed by atoms with Crippen LogP contribution in [0.5, 0.6) is 0 Å². The summed E-state index contributed by atoms with van der Waals surface area (Å²) in [6, 6.07) is 7.98. The predicted octanol–water partition coefficient (Wildman–Crippen LogP) is 1.51. The van der Waals surface area contributed by atoms with Gasteiger partial charge in [0.15, 0.2) is 9.84 Å². The van der Waals surface area contributed by atoms with Crippen molar-refractivity contribution in [2.75, 3.05) is 29.5 Å². The summed E-state index contributed by atoms with van der Waals surface area (Å²) in [5, 5.41) is 2.83. The highest BCUT2D eigenvalue weighted by Crippen LogP contribution is 2.16. The normalized spacial score (nSPS) is 19.8. The largest absolute Gasteiger partial charge is 0.371 e. The van der Waals surface area contributed by atoms with Crippen LogP contribution in [0, 0.1) is 6.92 Å². The monoisotopic (exact) mass is 324 g/mol. The number of carbonyl (C=O) groups is 1. The molecule has 1 aromatic carbocycles. The van der Waals surface area contributed by atoms with Crippen molar-refractivity contribution in [3.05, 3.63) is 29.8 Å². The maximum absolute atomic E-state index is 12.0. The van der Waals surface area contributed by atoms with Gasteiger partial charge in [-0.2, -0.15) is 0 Å². The van der Waals surface area contributed by atoms with E-state index in [-0.39, 0.29) is 23.5 Å². The number of hydrogen-bond donors (Lipinski definition) is 1. The van der Waals surface area contributed by atoms with Crippen molar-refractivity contribution in [2.45, 2.75) is 32.7 Å². The fourth-order valence-corrected chi connectivity index (χ4v) is 4.41. The predicted molar refractivity (Wildman–Crippen MR) is 88.9 cm³/mol. The third-order valence-electron chi connectivity index (χ3n) is 3.95. The molecule has 1 heterocycles. The van der Waals surface area contributed by atoms with Crippen molar-refractivity contribution in [1.82, 2.24) is 5.32 Å². The van der Waals surface area contributed by atoms with Gasteiger partial charge in [0, 0.05) is 31.2 Å². The second kappa shape index (κ2) is 7.13. The molecule has 0 aromatic heterocycles. The molecule has 22 heavy (non-hydrogen) atoms. The Morgan fingerprint density at radius 3 is 2.77 bits per heavy atom. The molecule has 1 aliphatic heterocycles. The number of hydrogen-bond acceptors (Lipinski definition) is 4. The molecule has 1 aromatic rings. The van der Waals surface area contributed by atoms with E-state index >= 15 is 0 Å². The van der Waals surface area contributed by atoms with E-state index in [9.17, 15) is 13.2 Å². The Hall–Kier alpha value is -1.56. The fourth-order valence-electron chi connectivity index (χ4n) is 2.74. The van der Waals surface area contributed by atoms with Crippen LogP contribution in [0.1, 0.15) is 25.3 Å². The number of benzene rings is 1. The average Bonchev–Trinajstić information content (AvgIpc) is 2.78. The van der Waals surface area contributed by atoms with E-state index in [0.717, 1.165) is 12.2 Å². The Balaban J connectivity index is 1.84. The third kappa shape index (κ3) is 4.73. The van der Waals surface area contributed by atoms with Crippen LogP contribution in [-0.4, -0.2) is 45.0 Å². The summed E-state index contributed by atoms with van der Waals surface area (Å²) in [6.45, 7) is 5.56. The quantitative estimate of drug-likeness (QED) is 0.861. The highest BCUT2D eigenvalue weighted by Gasteiger charge is 2.28. The Bertz CT molecular complexity index is 628. The lowest BCUT2D eigenvalue weighted by Gasteiger charge is -2.23. The number of anilines is 1. The second-order valence-electron chi connectivity index (χ2n) is 5.84. The molecule has 1 unspecified atom stereocenters. The van der Waals surface area contributed by atoms with Gasteiger partial charge in [0.25, 0.3) is 0 Å². The smallest absolute Gasteiger partial charge is 0.222 e. The lowest BCUT2D eigenvalue weighted by atomic mass is 10.2. The minimum Gasteiger partial charge on any atom is -0.371 e. The van der Waals surface area contributed by atoms with Crippen molar-refractivity contribution in [3.63, 3.8) is 0 Å². The molecule has 2 rings (SSSR count). The van der Waals surface area contributed by atoms with E-state index in [1.54, 1.807) is 0 Å². The molecule has 1 amide bonds. The van der Waals surface area contributed by atoms with Gasteiger partial charge in [0.1, 0.15) is 0 Å². The molecular formula is C16H24N2O3S. The lowest BCUT2D eigenvalue weighted by molar-refractivity contribution is -0.121. The van der Waals surface area contributed by atoms with Crippen LogP contribution in [0.2, 0.25) is 0 Å². The van der Waals surface area contributed by atoms with Crippen molar-refractivity contribution >= 4 is 21.4 Å². The molecule has 1 fully saturated rings. The summed E-state index contributed by atoms with van der Waals surface area (Å²) in [6.07, 6.45) is 0.905. The summed E-state index contributed by atoms with van der Waals surface area (Å²) in [5.41, 5.74) is 2.30. The van der Waals surface area contributed by atoms with Gasteiger partial charge in [-0.3, -0.25) is 4.79 Å². The standard InChI is InChI=1S/C16H24N2O3S/c1-3-18(15-6-4-5-13(2)11-15)9-7-16(19)17-14-8-10-22(20,21)12-14/h4-6,11,14H,3,7-10,12H2,1-2H3,(H,17,19). The van der Waals surface area contributed by atoms with Crippen LogP contribution >= 0.6 is 0 Å². The number of aryl methyl sites for hydroxylation is 1. The minimum absolute atomic E-state index is 0.0757. The third-order valence-corrected chi connectivity index (χ3v) is 5.72. The Morgan fingerprint density at radius 2 is 2.18 bits per heavy atom. The number of carbonyl (C=O) groups excluding carboxylic acids is 1. The molecule has 0 aliphatic carbocycles. The molecule has 0 spiro atoms. The summed E-state index contributed by atoms with van der Waals surface area (Å²) >= 11 is 0. The van der Waals surface area contributed by atoms with E-state index in [2.05, 4.69) is 23.2 Å². The van der Waals surface area contributed by atoms with E-state index < -0.39 is 9.84 Å². The molecule has 1 aliphatic rings. The van der Waals surface area contributed by atoms with Gasteiger partial charge in [-0.25, -0.2) is 8.42 Å². The van der Waals surface area contributed by atoms with Gasteiger partial charge in [-0.15, -0.1) is 0 Å². The second-order valence-corrected chi connectivity index (χ2v) is 8.06. The van der Waals surface area contributed by atoms with E-state index in [1.807, 2.05) is 25.1 Å². The summed E-state index contributed by atoms with van der Waals surface area (Å²) in [5.74, 6) is 0.185. The Kier molecular flexibility index (Phi) is 5.45. The van der Waals surface area contributed by atoms with Gasteiger partial charge in [0.2, 0.25) is 5.91 Å². The highest BCUT2D eigenvalue weighted by atomic mass is 32.2. The first kappa shape index (κ1) is 16.8. The van der Waals surface area contributed by atoms with Gasteiger partial charge < -0.3 is 10.2 Å². The summed E-state index contributed by atoms with van der Waals surface area (Å²) < 4.78 is 22.8. The van der Waals surface area contributed by atoms with Crippen molar-refractivity contribution in [3.8, 4) is 0 Å². The van der Waals surface area contributed by atoms with Crippen LogP contribution < -0.4 is 10.2 Å². The number of amides is 1. The molecular weight excluding hydrogens is 300 g/mol. The summed E-state index contributed by atoms with van der Waals surface area (Å²) in [7, 11) is -2.95. The highest BCUT2D eigenvalue weighted by molar-refractivity contribution is 7.91. The molecule has 0 bridgehead atoms. The molecule has 6 heteroatoms. The van der Waals surface area contributed by atoms with E-state index in [0.29, 0.717) is 19.4 Å². The van der Waals surface area contributed by atoms with Crippen molar-refractivity contribution in [1.29, 1.82) is 0 Å². The number of rotatable bonds is 6. The van der Waals surface area contributed by atoms with Crippen LogP contribution in [0.3, 0.4) is 0 Å². The van der Waals surface area contributed by atoms with Gasteiger partial charge >= 0.3 is 0 Å². The molecule has 1 saturated heterocycles. The zero-order chi connectivity index (χ0) is 16.2. The first-order chi connectivity index (χ1) is 10.4. The van der Waals surface area contributed by atoms with Crippen LogP contribution in [0.15, 0.2) is 24.3 Å². The zero-order valence-corrected chi connectivity index (χ0v) is 14.0. The number of nitrogens with zero attached hydrogens (tertiary/aromatic N) is 1. The fraction of sp³-hybridized carbons (Fsp3) is 0.562. The van der Waals surface area contributed by atoms with Crippen LogP contribution in [0.25, 0.3) is 0 Å². The molecule has 5 nitrogen and oxygen atoms in total. The molecule has 0 radical (unpaired) electrons. The SMILES string of the molecule is CCN(CCC(=O)NC1CCS(=O)(=O)C1)c1cccc(C)c1. The Morgan fingerprint density at radius 1 is 1.41 bits per heavy atom. The van der Waals surface area contributed by atoms with Gasteiger partial charge in [0.05, 0.1) is 11.5 Å². The van der Waals surface area contributed by atoms with Crippen molar-refractivity contribution in [2.24, 2.45) is 0 Å². The first-order valence-electron chi connectivity index (χ1n) is 7.71. The molecule has 1 N–H and O–H groups in total. The topological polar surface area (TPSA) is 66.5 Å². The van der Waals surface area contributed by atoms with Gasteiger partial charge in [-0.1, -0.05) is 12.1 Å². The maximum atomic E-state index is 12.0. The van der Waals surface area contributed by atoms with Crippen LogP contribution in [0.4, 0.5) is 5.69 Å². The zero-order valence-electron chi connectivity index (χ0n) is 13.2. The average molecular weight is 324 g/mol. The first-order valence-corrected chi connectivity index (χ1v) is 9.53. The minimum atomic E-state index is -2.95. The molecule has 0 saturated carbocycles. The van der Waals surface area contributed by atoms with E-state index in [4.69, 9.17) is 0 Å². The van der Waals surface area contributed by atoms with Crippen molar-refractivity contribution < 1.29 is 13.2 Å². The molecule has 122 valence electrons. The maximum Gasteiger partial charge on any atom is 0.222 e. The van der Waals surface area contributed by atoms with Crippen LogP contribution in [-0.2, 0) is 14.6 Å². The molecule has 1 atom stereocenters. The lowest BCUT2D eigenvalue weighted by Crippen LogP contribution is -2.37. The number of sulfone groups is 1. The number of nitrogens with one attached hydrogen (secondary N) is 1. The summed E-state index contributed by atoms with van der Waals surface area (Å²) in [4.78, 5) is 14.1. The van der Waals surface area contributed by atoms with Gasteiger partial charge in [-0.05, 0) is 38.0 Å². The van der Waals surface area contributed by atoms with E-state index in [1.165, 1.54) is 5.56 Å².